The third kappa shape index (κ3) is 17.0. The van der Waals surface area contributed by atoms with Crippen LogP contribution in [0.15, 0.2) is 115 Å². The minimum atomic E-state index is -4.31. The molecule has 0 aliphatic heterocycles. The van der Waals surface area contributed by atoms with Crippen LogP contribution in [0.2, 0.25) is 0 Å². The Morgan fingerprint density at radius 3 is 1.39 bits per heavy atom. The Kier molecular flexibility index (Phi) is 24.7. The first kappa shape index (κ1) is 54.5. The van der Waals surface area contributed by atoms with Gasteiger partial charge in [-0.05, 0) is 48.5 Å². The van der Waals surface area contributed by atoms with Crippen LogP contribution in [0, 0.1) is 0 Å². The van der Waals surface area contributed by atoms with Crippen LogP contribution in [0.4, 0.5) is 0 Å². The first-order valence-electron chi connectivity index (χ1n) is 15.4. The molecular weight excluding hydrogens is 981 g/mol. The fourth-order valence-corrected chi connectivity index (χ4v) is 5.94. The molecule has 1 atom stereocenters. The first-order chi connectivity index (χ1) is 26.7. The molecule has 1 unspecified atom stereocenters. The van der Waals surface area contributed by atoms with Crippen molar-refractivity contribution in [2.24, 2.45) is 0 Å². The van der Waals surface area contributed by atoms with Gasteiger partial charge >= 0.3 is 101 Å². The summed E-state index contributed by atoms with van der Waals surface area (Å²) < 4.78 is 76.7. The van der Waals surface area contributed by atoms with Gasteiger partial charge in [-0.15, -0.1) is 0 Å². The van der Waals surface area contributed by atoms with E-state index in [9.17, 15) is 22.6 Å². The number of carboxylic acids is 2. The van der Waals surface area contributed by atoms with Crippen LogP contribution >= 0.6 is 31.9 Å². The summed E-state index contributed by atoms with van der Waals surface area (Å²) in [6.45, 7) is 0. The van der Waals surface area contributed by atoms with Gasteiger partial charge in [-0.1, -0.05) is 101 Å². The number of hydrogen-bond donors (Lipinski definition) is 2. The maximum Gasteiger partial charge on any atom is 1.00 e. The number of carbonyl (C=O) groups is 2. The number of aliphatic carboxylic acids is 2. The van der Waals surface area contributed by atoms with E-state index in [1.807, 2.05) is 42.5 Å². The number of nitrogens with zero attached hydrogens (tertiary/aromatic N) is 4. The van der Waals surface area contributed by atoms with Gasteiger partial charge in [0, 0.05) is 26.9 Å². The normalized spacial score (nSPS) is 10.8. The number of hydrogen-bond acceptors (Lipinski definition) is 17. The number of fused-ring (bicyclic) bond motifs is 4. The van der Waals surface area contributed by atoms with Crippen LogP contribution in [-0.4, -0.2) is 60.3 Å². The second kappa shape index (κ2) is 26.7. The summed E-state index contributed by atoms with van der Waals surface area (Å²) in [6, 6.07) is 28.9. The van der Waals surface area contributed by atoms with Crippen LogP contribution < -0.4 is 88.7 Å². The van der Waals surface area contributed by atoms with E-state index in [0.29, 0.717) is 33.5 Å². The molecular formula is C34H25Br2N4Na3O14S2. The molecule has 4 aromatic carbocycles. The van der Waals surface area contributed by atoms with Crippen LogP contribution in [0.25, 0.3) is 43.9 Å². The van der Waals surface area contributed by atoms with E-state index in [-0.39, 0.29) is 101 Å². The molecule has 18 nitrogen and oxygen atoms in total. The van der Waals surface area contributed by atoms with Crippen LogP contribution in [0.3, 0.4) is 0 Å². The average Bonchev–Trinajstić information content (AvgIpc) is 3.97. The molecule has 25 heteroatoms. The maximum atomic E-state index is 10.7. The molecule has 294 valence electrons. The molecule has 0 saturated heterocycles. The number of aromatic nitrogens is 4. The smallest absolute Gasteiger partial charge is 0.917 e. The van der Waals surface area contributed by atoms with Crippen molar-refractivity contribution in [1.82, 2.24) is 20.6 Å². The first-order valence-corrected chi connectivity index (χ1v) is 20.0. The van der Waals surface area contributed by atoms with Gasteiger partial charge < -0.3 is 45.8 Å². The van der Waals surface area contributed by atoms with Crippen LogP contribution in [-0.2, 0) is 56.6 Å². The number of alkyl halides is 2. The predicted octanol–water partition coefficient (Wildman–Crippen LogP) is -2.16. The molecule has 8 aromatic rings. The van der Waals surface area contributed by atoms with Gasteiger partial charge in [-0.3, -0.25) is 9.59 Å². The van der Waals surface area contributed by atoms with Gasteiger partial charge in [0.05, 0.1) is 12.2 Å². The third-order valence-electron chi connectivity index (χ3n) is 6.98. The summed E-state index contributed by atoms with van der Waals surface area (Å²) in [6.07, 6.45) is -0.100. The number of halogens is 2. The van der Waals surface area contributed by atoms with Crippen molar-refractivity contribution in [2.75, 3.05) is 0 Å². The van der Waals surface area contributed by atoms with Gasteiger partial charge in [0.25, 0.3) is 0 Å². The molecule has 8 rings (SSSR count). The minimum Gasteiger partial charge on any atom is -0.917 e. The molecule has 0 fully saturated rings. The largest absolute Gasteiger partial charge is 1.00 e. The van der Waals surface area contributed by atoms with E-state index >= 15 is 0 Å². The zero-order valence-corrected chi connectivity index (χ0v) is 41.9. The molecule has 0 saturated carbocycles. The van der Waals surface area contributed by atoms with Crippen LogP contribution in [0.5, 0.6) is 0 Å². The quantitative estimate of drug-likeness (QED) is 0.0565. The summed E-state index contributed by atoms with van der Waals surface area (Å²) in [4.78, 5) is 20.3. The molecule has 0 aliphatic carbocycles. The second-order valence-electron chi connectivity index (χ2n) is 10.8. The predicted molar refractivity (Wildman–Crippen MR) is 202 cm³/mol. The Morgan fingerprint density at radius 2 is 0.983 bits per heavy atom. The van der Waals surface area contributed by atoms with E-state index in [2.05, 4.69) is 52.5 Å². The monoisotopic (exact) mass is 1000 g/mol. The molecule has 0 spiro atoms. The van der Waals surface area contributed by atoms with E-state index in [0.717, 1.165) is 32.8 Å². The van der Waals surface area contributed by atoms with Crippen LogP contribution in [0.1, 0.15) is 27.6 Å². The van der Waals surface area contributed by atoms with Crippen molar-refractivity contribution in [3.05, 3.63) is 120 Å². The number of benzene rings is 4. The second-order valence-corrected chi connectivity index (χ2v) is 14.0. The molecule has 0 amide bonds. The fraction of sp³-hybridized carbons (Fsp3) is 0.118. The van der Waals surface area contributed by atoms with Crippen molar-refractivity contribution in [3.63, 3.8) is 0 Å². The van der Waals surface area contributed by atoms with E-state index < -0.39 is 43.6 Å². The molecule has 2 N–H and O–H groups in total. The zero-order valence-electron chi connectivity index (χ0n) is 31.1. The Labute approximate surface area is 419 Å². The molecule has 4 heterocycles. The Balaban J connectivity index is 0.000000376. The summed E-state index contributed by atoms with van der Waals surface area (Å²) in [5.74, 6) is -2.52. The van der Waals surface area contributed by atoms with E-state index in [1.165, 1.54) is 0 Å². The third-order valence-corrected chi connectivity index (χ3v) is 8.96. The van der Waals surface area contributed by atoms with Gasteiger partial charge in [0.2, 0.25) is 0 Å². The van der Waals surface area contributed by atoms with Gasteiger partial charge in [-0.25, -0.2) is 8.42 Å². The Morgan fingerprint density at radius 1 is 0.644 bits per heavy atom. The standard InChI is InChI=1S/C9H6BrNO3.C9H7NO3.C8H6BrNO.C8H7NO4S.3Na.O3S/c10-7(9(12)13)8-5-3-1-2-4-6(5)14-11-8;11-9(12)5-7-6-3-1-2-4-8(6)13-10-7;9-5-7-6-3-1-2-4-8(6)11-10-7;10-14(11,12)5-7-6-3-1-2-4-8(6)13-9-7;;;;1-4(2)3/h1-4,7H,(H,12,13);1-4H,5H2,(H,11,12);1-4H,5H2;1-4H,5H2,(H,10,11,12);;;;/q;;;;3*+1;-2/p-1. The molecule has 59 heavy (non-hydrogen) atoms. The number of para-hydroxylation sites is 4. The minimum absolute atomic E-state index is 0. The Bertz CT molecular complexity index is 2750. The van der Waals surface area contributed by atoms with Gasteiger partial charge in [-0.2, -0.15) is 11.0 Å². The van der Waals surface area contributed by atoms with Crippen molar-refractivity contribution in [2.45, 2.75) is 22.3 Å². The summed E-state index contributed by atoms with van der Waals surface area (Å²) in [5.41, 5.74) is 4.53. The van der Waals surface area contributed by atoms with Crippen molar-refractivity contribution in [3.8, 4) is 0 Å². The van der Waals surface area contributed by atoms with Gasteiger partial charge in [0.15, 0.2) is 27.2 Å². The Hall–Kier alpha value is -2.52. The topological polar surface area (TPSA) is 293 Å². The maximum absolute atomic E-state index is 10.7. The van der Waals surface area contributed by atoms with Crippen molar-refractivity contribution >= 4 is 109 Å². The number of rotatable bonds is 7. The number of carboxylic acid groups (broad SMARTS) is 2. The summed E-state index contributed by atoms with van der Waals surface area (Å²) in [5, 5.41) is 36.0. The summed E-state index contributed by atoms with van der Waals surface area (Å²) in [7, 11) is -7.42. The van der Waals surface area contributed by atoms with Gasteiger partial charge in [0.1, 0.15) is 32.9 Å². The average molecular weight is 1010 g/mol. The van der Waals surface area contributed by atoms with E-state index in [4.69, 9.17) is 41.3 Å². The fourth-order valence-electron chi connectivity index (χ4n) is 4.66. The SMILES string of the molecule is BrCc1noc2ccccc12.O=C(O)C(Br)c1noc2ccccc12.O=C(O)Cc1noc2ccccc12.O=S(=O)([O-])Cc1noc2ccccc12.O=[S-](=O)[O-].[Na+].[Na+].[Na+]. The van der Waals surface area contributed by atoms with Crippen molar-refractivity contribution < 1.29 is 153 Å². The van der Waals surface area contributed by atoms with Crippen molar-refractivity contribution in [1.29, 1.82) is 0 Å². The molecule has 4 aromatic heterocycles. The van der Waals surface area contributed by atoms with E-state index in [1.54, 1.807) is 54.6 Å². The molecule has 0 radical (unpaired) electrons. The molecule has 0 bridgehead atoms. The summed E-state index contributed by atoms with van der Waals surface area (Å²) >= 11 is 6.36. The zero-order chi connectivity index (χ0) is 40.8. The molecule has 0 aliphatic rings.